The first kappa shape index (κ1) is 11.4. The third-order valence-electron chi connectivity index (χ3n) is 3.45. The SMILES string of the molecule is Fc1ccccc1-n1cncc1C1CCCCN1. The van der Waals surface area contributed by atoms with Crippen molar-refractivity contribution in [2.75, 3.05) is 6.54 Å². The molecule has 0 radical (unpaired) electrons. The van der Waals surface area contributed by atoms with Crippen LogP contribution in [0.25, 0.3) is 5.69 Å². The topological polar surface area (TPSA) is 29.9 Å². The van der Waals surface area contributed by atoms with Crippen LogP contribution in [0.1, 0.15) is 31.0 Å². The second-order valence-corrected chi connectivity index (χ2v) is 4.64. The van der Waals surface area contributed by atoms with Gasteiger partial charge < -0.3 is 5.32 Å². The van der Waals surface area contributed by atoms with Crippen LogP contribution >= 0.6 is 0 Å². The number of piperidine rings is 1. The number of nitrogens with one attached hydrogen (secondary N) is 1. The molecule has 1 aromatic carbocycles. The molecule has 0 aliphatic carbocycles. The van der Waals surface area contributed by atoms with Crippen molar-refractivity contribution in [3.05, 3.63) is 48.3 Å². The maximum Gasteiger partial charge on any atom is 0.147 e. The Morgan fingerprint density at radius 2 is 2.17 bits per heavy atom. The highest BCUT2D eigenvalue weighted by Gasteiger charge is 2.19. The zero-order valence-electron chi connectivity index (χ0n) is 10.1. The molecule has 0 amide bonds. The van der Waals surface area contributed by atoms with Crippen LogP contribution in [0.5, 0.6) is 0 Å². The lowest BCUT2D eigenvalue weighted by atomic mass is 10.0. The molecule has 1 unspecified atom stereocenters. The van der Waals surface area contributed by atoms with Gasteiger partial charge in [0.05, 0.1) is 23.9 Å². The van der Waals surface area contributed by atoms with Gasteiger partial charge in [0.25, 0.3) is 0 Å². The first-order chi connectivity index (χ1) is 8.86. The van der Waals surface area contributed by atoms with E-state index < -0.39 is 0 Å². The Labute approximate surface area is 106 Å². The molecule has 1 atom stereocenters. The van der Waals surface area contributed by atoms with Gasteiger partial charge in [0.1, 0.15) is 5.82 Å². The number of hydrogen-bond acceptors (Lipinski definition) is 2. The fourth-order valence-corrected chi connectivity index (χ4v) is 2.52. The number of halogens is 1. The van der Waals surface area contributed by atoms with E-state index in [-0.39, 0.29) is 11.9 Å². The molecule has 1 aliphatic rings. The Morgan fingerprint density at radius 3 is 2.94 bits per heavy atom. The second-order valence-electron chi connectivity index (χ2n) is 4.64. The minimum atomic E-state index is -0.215. The summed E-state index contributed by atoms with van der Waals surface area (Å²) in [5.41, 5.74) is 1.61. The van der Waals surface area contributed by atoms with Crippen molar-refractivity contribution in [3.63, 3.8) is 0 Å². The van der Waals surface area contributed by atoms with Crippen LogP contribution in [0.4, 0.5) is 4.39 Å². The van der Waals surface area contributed by atoms with Crippen LogP contribution in [0.15, 0.2) is 36.8 Å². The maximum atomic E-state index is 13.8. The van der Waals surface area contributed by atoms with Gasteiger partial charge in [0, 0.05) is 6.04 Å². The van der Waals surface area contributed by atoms with Gasteiger partial charge in [0.2, 0.25) is 0 Å². The molecule has 1 N–H and O–H groups in total. The molecule has 1 aliphatic heterocycles. The van der Waals surface area contributed by atoms with Gasteiger partial charge in [0.15, 0.2) is 0 Å². The molecular weight excluding hydrogens is 229 g/mol. The smallest absolute Gasteiger partial charge is 0.147 e. The molecule has 0 spiro atoms. The van der Waals surface area contributed by atoms with E-state index in [4.69, 9.17) is 0 Å². The van der Waals surface area contributed by atoms with Gasteiger partial charge in [-0.15, -0.1) is 0 Å². The maximum absolute atomic E-state index is 13.8. The fourth-order valence-electron chi connectivity index (χ4n) is 2.52. The van der Waals surface area contributed by atoms with Gasteiger partial charge >= 0.3 is 0 Å². The van der Waals surface area contributed by atoms with E-state index in [0.29, 0.717) is 5.69 Å². The van der Waals surface area contributed by atoms with Gasteiger partial charge in [-0.3, -0.25) is 4.57 Å². The van der Waals surface area contributed by atoms with Crippen molar-refractivity contribution in [1.29, 1.82) is 0 Å². The molecule has 3 rings (SSSR count). The third-order valence-corrected chi connectivity index (χ3v) is 3.45. The van der Waals surface area contributed by atoms with Crippen molar-refractivity contribution >= 4 is 0 Å². The molecule has 3 nitrogen and oxygen atoms in total. The molecule has 1 saturated heterocycles. The molecule has 1 fully saturated rings. The minimum Gasteiger partial charge on any atom is -0.309 e. The normalized spacial score (nSPS) is 19.9. The summed E-state index contributed by atoms with van der Waals surface area (Å²) in [6.07, 6.45) is 7.02. The Morgan fingerprint density at radius 1 is 1.28 bits per heavy atom. The van der Waals surface area contributed by atoms with Gasteiger partial charge in [-0.1, -0.05) is 18.6 Å². The monoisotopic (exact) mass is 245 g/mol. The standard InChI is InChI=1S/C14H16FN3/c15-11-5-1-2-7-13(11)18-10-16-9-14(18)12-6-3-4-8-17-12/h1-2,5,7,9-10,12,17H,3-4,6,8H2. The number of benzene rings is 1. The van der Waals surface area contributed by atoms with E-state index in [2.05, 4.69) is 10.3 Å². The van der Waals surface area contributed by atoms with Crippen LogP contribution in [0, 0.1) is 5.82 Å². The van der Waals surface area contributed by atoms with E-state index in [9.17, 15) is 4.39 Å². The lowest BCUT2D eigenvalue weighted by molar-refractivity contribution is 0.401. The lowest BCUT2D eigenvalue weighted by Crippen LogP contribution is -2.28. The number of hydrogen-bond donors (Lipinski definition) is 1. The predicted octanol–water partition coefficient (Wildman–Crippen LogP) is 2.83. The van der Waals surface area contributed by atoms with Crippen molar-refractivity contribution in [2.24, 2.45) is 0 Å². The zero-order chi connectivity index (χ0) is 12.4. The van der Waals surface area contributed by atoms with Crippen molar-refractivity contribution in [2.45, 2.75) is 25.3 Å². The summed E-state index contributed by atoms with van der Waals surface area (Å²) >= 11 is 0. The van der Waals surface area contributed by atoms with Crippen LogP contribution in [0.3, 0.4) is 0 Å². The zero-order valence-corrected chi connectivity index (χ0v) is 10.1. The lowest BCUT2D eigenvalue weighted by Gasteiger charge is -2.24. The quantitative estimate of drug-likeness (QED) is 0.881. The molecule has 2 heterocycles. The minimum absolute atomic E-state index is 0.215. The van der Waals surface area contributed by atoms with E-state index >= 15 is 0 Å². The first-order valence-corrected chi connectivity index (χ1v) is 6.37. The highest BCUT2D eigenvalue weighted by Crippen LogP contribution is 2.25. The van der Waals surface area contributed by atoms with Crippen molar-refractivity contribution < 1.29 is 4.39 Å². The Kier molecular flexibility index (Phi) is 3.11. The van der Waals surface area contributed by atoms with Gasteiger partial charge in [-0.25, -0.2) is 9.37 Å². The average Bonchev–Trinajstić information content (AvgIpc) is 2.89. The number of para-hydroxylation sites is 1. The highest BCUT2D eigenvalue weighted by atomic mass is 19.1. The highest BCUT2D eigenvalue weighted by molar-refractivity contribution is 5.35. The summed E-state index contributed by atoms with van der Waals surface area (Å²) in [7, 11) is 0. The summed E-state index contributed by atoms with van der Waals surface area (Å²) < 4.78 is 15.7. The number of nitrogens with zero attached hydrogens (tertiary/aromatic N) is 2. The van der Waals surface area contributed by atoms with Crippen LogP contribution in [-0.4, -0.2) is 16.1 Å². The van der Waals surface area contributed by atoms with Crippen LogP contribution in [0.2, 0.25) is 0 Å². The predicted molar refractivity (Wildman–Crippen MR) is 68.1 cm³/mol. The summed E-state index contributed by atoms with van der Waals surface area (Å²) in [5, 5.41) is 3.47. The second kappa shape index (κ2) is 4.90. The van der Waals surface area contributed by atoms with E-state index in [1.807, 2.05) is 16.8 Å². The Balaban J connectivity index is 1.98. The van der Waals surface area contributed by atoms with E-state index in [1.165, 1.54) is 18.9 Å². The van der Waals surface area contributed by atoms with Crippen molar-refractivity contribution in [3.8, 4) is 5.69 Å². The molecule has 4 heteroatoms. The Hall–Kier alpha value is -1.68. The number of rotatable bonds is 2. The van der Waals surface area contributed by atoms with Gasteiger partial charge in [-0.05, 0) is 31.5 Å². The molecule has 0 bridgehead atoms. The molecular formula is C14H16FN3. The number of imidazole rings is 1. The summed E-state index contributed by atoms with van der Waals surface area (Å²) in [6, 6.07) is 7.09. The number of aromatic nitrogens is 2. The third kappa shape index (κ3) is 2.04. The first-order valence-electron chi connectivity index (χ1n) is 6.37. The molecule has 94 valence electrons. The summed E-state index contributed by atoms with van der Waals surface area (Å²) in [4.78, 5) is 4.17. The van der Waals surface area contributed by atoms with E-state index in [1.54, 1.807) is 18.5 Å². The van der Waals surface area contributed by atoms with E-state index in [0.717, 1.165) is 18.7 Å². The molecule has 1 aromatic heterocycles. The molecule has 2 aromatic rings. The van der Waals surface area contributed by atoms with Crippen LogP contribution in [-0.2, 0) is 0 Å². The largest absolute Gasteiger partial charge is 0.309 e. The average molecular weight is 245 g/mol. The van der Waals surface area contributed by atoms with Crippen molar-refractivity contribution in [1.82, 2.24) is 14.9 Å². The van der Waals surface area contributed by atoms with Crippen LogP contribution < -0.4 is 5.32 Å². The molecule has 18 heavy (non-hydrogen) atoms. The Bertz CT molecular complexity index is 529. The van der Waals surface area contributed by atoms with Gasteiger partial charge in [-0.2, -0.15) is 0 Å². The molecule has 0 saturated carbocycles. The fraction of sp³-hybridized carbons (Fsp3) is 0.357. The summed E-state index contributed by atoms with van der Waals surface area (Å²) in [5.74, 6) is -0.215. The summed E-state index contributed by atoms with van der Waals surface area (Å²) in [6.45, 7) is 1.02.